The van der Waals surface area contributed by atoms with Crippen LogP contribution in [0.15, 0.2) is 24.5 Å². The summed E-state index contributed by atoms with van der Waals surface area (Å²) in [7, 11) is 0. The Bertz CT molecular complexity index is 567. The molecule has 0 aliphatic rings. The molecule has 5 nitrogen and oxygen atoms in total. The molecule has 2 aromatic heterocycles. The summed E-state index contributed by atoms with van der Waals surface area (Å²) < 4.78 is 1.88. The molecule has 0 saturated carbocycles. The van der Waals surface area contributed by atoms with E-state index in [0.717, 1.165) is 17.8 Å². The van der Waals surface area contributed by atoms with Gasteiger partial charge in [0.2, 0.25) is 0 Å². The Hall–Kier alpha value is -1.75. The van der Waals surface area contributed by atoms with E-state index in [1.165, 1.54) is 0 Å². The third kappa shape index (κ3) is 3.86. The second kappa shape index (κ2) is 6.43. The lowest BCUT2D eigenvalue weighted by Gasteiger charge is -2.04. The lowest BCUT2D eigenvalue weighted by molar-refractivity contribution is 0.241. The van der Waals surface area contributed by atoms with Crippen LogP contribution in [0.25, 0.3) is 5.65 Å². The average Bonchev–Trinajstić information content (AvgIpc) is 2.78. The molecule has 2 aromatic rings. The molecular formula is C13H17ClN4O. The minimum atomic E-state index is -0.131. The van der Waals surface area contributed by atoms with Gasteiger partial charge < -0.3 is 15.0 Å². The predicted molar refractivity (Wildman–Crippen MR) is 75.6 cm³/mol. The van der Waals surface area contributed by atoms with Crippen molar-refractivity contribution in [1.82, 2.24) is 20.0 Å². The Morgan fingerprint density at radius 2 is 2.11 bits per heavy atom. The van der Waals surface area contributed by atoms with E-state index in [9.17, 15) is 4.79 Å². The van der Waals surface area contributed by atoms with E-state index in [1.807, 2.05) is 35.9 Å². The third-order valence-electron chi connectivity index (χ3n) is 2.67. The summed E-state index contributed by atoms with van der Waals surface area (Å²) in [5, 5.41) is 6.23. The van der Waals surface area contributed by atoms with E-state index in [2.05, 4.69) is 15.6 Å². The van der Waals surface area contributed by atoms with Crippen LogP contribution in [0.3, 0.4) is 0 Å². The van der Waals surface area contributed by atoms with E-state index in [-0.39, 0.29) is 6.03 Å². The fourth-order valence-electron chi connectivity index (χ4n) is 1.74. The molecule has 2 rings (SSSR count). The van der Waals surface area contributed by atoms with Crippen LogP contribution >= 0.6 is 11.6 Å². The highest BCUT2D eigenvalue weighted by atomic mass is 35.5. The summed E-state index contributed by atoms with van der Waals surface area (Å²) in [5.41, 5.74) is 1.79. The first kappa shape index (κ1) is 13.7. The van der Waals surface area contributed by atoms with Crippen molar-refractivity contribution in [3.05, 3.63) is 35.2 Å². The van der Waals surface area contributed by atoms with Gasteiger partial charge in [0.15, 0.2) is 0 Å². The van der Waals surface area contributed by atoms with Gasteiger partial charge in [-0.2, -0.15) is 0 Å². The second-order valence-corrected chi connectivity index (χ2v) is 4.71. The van der Waals surface area contributed by atoms with Crippen LogP contribution in [0.4, 0.5) is 4.79 Å². The first-order valence-corrected chi connectivity index (χ1v) is 6.71. The maximum absolute atomic E-state index is 11.3. The Kier molecular flexibility index (Phi) is 4.63. The smallest absolute Gasteiger partial charge is 0.314 e. The number of hydrogen-bond acceptors (Lipinski definition) is 2. The molecule has 0 radical (unpaired) electrons. The molecule has 0 atom stereocenters. The number of urea groups is 1. The van der Waals surface area contributed by atoms with Gasteiger partial charge in [-0.05, 0) is 18.6 Å². The largest absolute Gasteiger partial charge is 0.338 e. The molecule has 2 heterocycles. The number of imidazole rings is 1. The molecule has 6 heteroatoms. The topological polar surface area (TPSA) is 58.4 Å². The molecule has 0 aromatic carbocycles. The molecule has 2 N–H and O–H groups in total. The zero-order chi connectivity index (χ0) is 13.7. The number of pyridine rings is 1. The monoisotopic (exact) mass is 280 g/mol. The van der Waals surface area contributed by atoms with Crippen molar-refractivity contribution >= 4 is 23.3 Å². The predicted octanol–water partition coefficient (Wildman–Crippen LogP) is 2.24. The molecule has 0 saturated heterocycles. The molecule has 0 aliphatic heterocycles. The minimum absolute atomic E-state index is 0.131. The molecule has 19 heavy (non-hydrogen) atoms. The number of nitrogens with zero attached hydrogens (tertiary/aromatic N) is 2. The molecular weight excluding hydrogens is 264 g/mol. The van der Waals surface area contributed by atoms with Crippen LogP contribution in [-0.2, 0) is 6.42 Å². The Morgan fingerprint density at radius 1 is 1.32 bits per heavy atom. The molecule has 0 spiro atoms. The number of aromatic nitrogens is 2. The highest BCUT2D eigenvalue weighted by Crippen LogP contribution is 2.11. The van der Waals surface area contributed by atoms with Crippen LogP contribution in [0.1, 0.15) is 19.0 Å². The van der Waals surface area contributed by atoms with Crippen molar-refractivity contribution in [3.8, 4) is 0 Å². The minimum Gasteiger partial charge on any atom is -0.338 e. The highest BCUT2D eigenvalue weighted by molar-refractivity contribution is 6.30. The molecule has 0 aliphatic carbocycles. The molecule has 0 fully saturated rings. The number of nitrogens with one attached hydrogen (secondary N) is 2. The number of carbonyl (C=O) groups excluding carboxylic acids is 1. The Morgan fingerprint density at radius 3 is 2.89 bits per heavy atom. The van der Waals surface area contributed by atoms with Crippen molar-refractivity contribution in [2.24, 2.45) is 0 Å². The van der Waals surface area contributed by atoms with Gasteiger partial charge in [-0.3, -0.25) is 0 Å². The van der Waals surface area contributed by atoms with E-state index in [4.69, 9.17) is 11.6 Å². The van der Waals surface area contributed by atoms with Crippen LogP contribution in [-0.4, -0.2) is 28.5 Å². The third-order valence-corrected chi connectivity index (χ3v) is 2.89. The van der Waals surface area contributed by atoms with E-state index in [0.29, 0.717) is 24.5 Å². The van der Waals surface area contributed by atoms with E-state index >= 15 is 0 Å². The number of carbonyl (C=O) groups is 1. The normalized spacial score (nSPS) is 10.6. The Labute approximate surface area is 117 Å². The first-order chi connectivity index (χ1) is 9.19. The lowest BCUT2D eigenvalue weighted by Crippen LogP contribution is -2.36. The van der Waals surface area contributed by atoms with Gasteiger partial charge in [-0.1, -0.05) is 18.5 Å². The maximum Gasteiger partial charge on any atom is 0.314 e. The molecule has 0 unspecified atom stereocenters. The van der Waals surface area contributed by atoms with Crippen LogP contribution in [0.2, 0.25) is 5.02 Å². The van der Waals surface area contributed by atoms with Gasteiger partial charge in [0.05, 0.1) is 10.7 Å². The summed E-state index contributed by atoms with van der Waals surface area (Å²) in [6, 6.07) is 3.55. The number of hydrogen-bond donors (Lipinski definition) is 2. The zero-order valence-corrected chi connectivity index (χ0v) is 11.6. The summed E-state index contributed by atoms with van der Waals surface area (Å²) in [6.07, 6.45) is 5.36. The van der Waals surface area contributed by atoms with Gasteiger partial charge in [0.25, 0.3) is 0 Å². The number of halogens is 1. The van der Waals surface area contributed by atoms with Crippen molar-refractivity contribution in [2.75, 3.05) is 13.1 Å². The van der Waals surface area contributed by atoms with Gasteiger partial charge in [-0.15, -0.1) is 0 Å². The standard InChI is InChI=1S/C13H17ClN4O/c1-2-6-15-13(19)16-7-5-11-9-18-8-10(14)3-4-12(18)17-11/h3-4,8-9H,2,5-7H2,1H3,(H2,15,16,19). The summed E-state index contributed by atoms with van der Waals surface area (Å²) in [4.78, 5) is 15.8. The maximum atomic E-state index is 11.3. The second-order valence-electron chi connectivity index (χ2n) is 4.28. The molecule has 0 bridgehead atoms. The van der Waals surface area contributed by atoms with E-state index < -0.39 is 0 Å². The highest BCUT2D eigenvalue weighted by Gasteiger charge is 2.03. The van der Waals surface area contributed by atoms with Gasteiger partial charge in [-0.25, -0.2) is 9.78 Å². The van der Waals surface area contributed by atoms with Crippen LogP contribution < -0.4 is 10.6 Å². The fourth-order valence-corrected chi connectivity index (χ4v) is 1.91. The Balaban J connectivity index is 1.86. The fraction of sp³-hybridized carbons (Fsp3) is 0.385. The average molecular weight is 281 g/mol. The van der Waals surface area contributed by atoms with Gasteiger partial charge in [0, 0.05) is 31.9 Å². The van der Waals surface area contributed by atoms with Gasteiger partial charge in [0.1, 0.15) is 5.65 Å². The van der Waals surface area contributed by atoms with Crippen LogP contribution in [0, 0.1) is 0 Å². The van der Waals surface area contributed by atoms with Crippen LogP contribution in [0.5, 0.6) is 0 Å². The zero-order valence-electron chi connectivity index (χ0n) is 10.8. The van der Waals surface area contributed by atoms with Gasteiger partial charge >= 0.3 is 6.03 Å². The van der Waals surface area contributed by atoms with Crippen molar-refractivity contribution in [1.29, 1.82) is 0 Å². The number of amides is 2. The number of rotatable bonds is 5. The summed E-state index contributed by atoms with van der Waals surface area (Å²) >= 11 is 5.91. The number of fused-ring (bicyclic) bond motifs is 1. The molecule has 102 valence electrons. The summed E-state index contributed by atoms with van der Waals surface area (Å²) in [5.74, 6) is 0. The van der Waals surface area contributed by atoms with Crippen molar-refractivity contribution in [3.63, 3.8) is 0 Å². The van der Waals surface area contributed by atoms with Crippen molar-refractivity contribution < 1.29 is 4.79 Å². The lowest BCUT2D eigenvalue weighted by atomic mass is 10.3. The quantitative estimate of drug-likeness (QED) is 0.882. The van der Waals surface area contributed by atoms with E-state index in [1.54, 1.807) is 0 Å². The SMILES string of the molecule is CCCNC(=O)NCCc1cn2cc(Cl)ccc2n1. The molecule has 2 amide bonds. The first-order valence-electron chi connectivity index (χ1n) is 6.34. The summed E-state index contributed by atoms with van der Waals surface area (Å²) in [6.45, 7) is 3.27. The van der Waals surface area contributed by atoms with Crippen molar-refractivity contribution in [2.45, 2.75) is 19.8 Å².